The minimum absolute atomic E-state index is 0.351. The van der Waals surface area contributed by atoms with Gasteiger partial charge in [0.15, 0.2) is 0 Å². The van der Waals surface area contributed by atoms with Crippen molar-refractivity contribution in [2.75, 3.05) is 19.0 Å². The molecule has 1 aromatic rings. The third-order valence-electron chi connectivity index (χ3n) is 1.84. The molecule has 0 aliphatic rings. The Morgan fingerprint density at radius 3 is 3.00 bits per heavy atom. The van der Waals surface area contributed by atoms with Crippen molar-refractivity contribution < 1.29 is 9.84 Å². The molecular weight excluding hydrogens is 182 g/mol. The fraction of sp³-hybridized carbons (Fsp3) is 0.556. The number of nitrogens with zero attached hydrogens (tertiary/aromatic N) is 2. The summed E-state index contributed by atoms with van der Waals surface area (Å²) in [5, 5.41) is 12.3. The van der Waals surface area contributed by atoms with Crippen LogP contribution >= 0.6 is 0 Å². The van der Waals surface area contributed by atoms with Crippen LogP contribution in [-0.4, -0.2) is 34.8 Å². The number of hydrogen-bond donors (Lipinski definition) is 2. The predicted molar refractivity (Wildman–Crippen MR) is 53.4 cm³/mol. The summed E-state index contributed by atoms with van der Waals surface area (Å²) in [6.45, 7) is 2.41. The second-order valence-corrected chi connectivity index (χ2v) is 2.89. The van der Waals surface area contributed by atoms with E-state index in [1.165, 1.54) is 6.33 Å². The minimum atomic E-state index is -0.351. The topological polar surface area (TPSA) is 67.3 Å². The average Bonchev–Trinajstić information content (AvgIpc) is 2.26. The molecule has 1 unspecified atom stereocenters. The number of ether oxygens (including phenoxy) is 1. The summed E-state index contributed by atoms with van der Waals surface area (Å²) in [7, 11) is 1.55. The normalized spacial score (nSPS) is 12.2. The molecule has 78 valence electrons. The van der Waals surface area contributed by atoms with Gasteiger partial charge in [0.1, 0.15) is 12.1 Å². The first-order valence-corrected chi connectivity index (χ1v) is 4.54. The Morgan fingerprint density at radius 2 is 2.36 bits per heavy atom. The Kier molecular flexibility index (Phi) is 4.12. The highest BCUT2D eigenvalue weighted by molar-refractivity contribution is 5.36. The van der Waals surface area contributed by atoms with E-state index in [1.54, 1.807) is 13.2 Å². The van der Waals surface area contributed by atoms with Crippen LogP contribution in [0.2, 0.25) is 0 Å². The maximum absolute atomic E-state index is 9.31. The number of nitrogens with one attached hydrogen (secondary N) is 1. The van der Waals surface area contributed by atoms with Crippen molar-refractivity contribution in [1.29, 1.82) is 0 Å². The van der Waals surface area contributed by atoms with E-state index in [0.29, 0.717) is 18.2 Å². The quantitative estimate of drug-likeness (QED) is 0.726. The molecular formula is C9H15N3O2. The van der Waals surface area contributed by atoms with Crippen molar-refractivity contribution in [3.05, 3.63) is 12.4 Å². The molecule has 0 fully saturated rings. The molecule has 0 saturated carbocycles. The molecule has 1 aromatic heterocycles. The number of rotatable bonds is 5. The van der Waals surface area contributed by atoms with Gasteiger partial charge in [-0.3, -0.25) is 0 Å². The second kappa shape index (κ2) is 5.39. The van der Waals surface area contributed by atoms with Gasteiger partial charge >= 0.3 is 0 Å². The third kappa shape index (κ3) is 3.18. The summed E-state index contributed by atoms with van der Waals surface area (Å²) >= 11 is 0. The molecule has 0 amide bonds. The van der Waals surface area contributed by atoms with E-state index in [0.717, 1.165) is 6.42 Å². The number of hydrogen-bond acceptors (Lipinski definition) is 5. The molecule has 5 heteroatoms. The van der Waals surface area contributed by atoms with Crippen molar-refractivity contribution in [3.8, 4) is 5.88 Å². The molecule has 1 rings (SSSR count). The van der Waals surface area contributed by atoms with E-state index in [2.05, 4.69) is 15.3 Å². The summed E-state index contributed by atoms with van der Waals surface area (Å²) in [4.78, 5) is 7.85. The van der Waals surface area contributed by atoms with Crippen LogP contribution in [0.5, 0.6) is 5.88 Å². The number of aliphatic hydroxyl groups excluding tert-OH is 1. The van der Waals surface area contributed by atoms with Gasteiger partial charge in [-0.25, -0.2) is 9.97 Å². The smallest absolute Gasteiger partial charge is 0.218 e. The highest BCUT2D eigenvalue weighted by Gasteiger charge is 2.01. The van der Waals surface area contributed by atoms with Crippen LogP contribution in [0.1, 0.15) is 13.3 Å². The molecule has 0 saturated heterocycles. The molecule has 0 bridgehead atoms. The van der Waals surface area contributed by atoms with Crippen LogP contribution in [-0.2, 0) is 0 Å². The zero-order valence-corrected chi connectivity index (χ0v) is 8.40. The van der Waals surface area contributed by atoms with Crippen molar-refractivity contribution in [3.63, 3.8) is 0 Å². The Labute approximate surface area is 83.2 Å². The molecule has 1 atom stereocenters. The van der Waals surface area contributed by atoms with Gasteiger partial charge in [0.25, 0.3) is 0 Å². The Morgan fingerprint density at radius 1 is 1.57 bits per heavy atom. The van der Waals surface area contributed by atoms with Crippen LogP contribution in [0.3, 0.4) is 0 Å². The summed E-state index contributed by atoms with van der Waals surface area (Å²) in [5.74, 6) is 1.16. The highest BCUT2D eigenvalue weighted by Crippen LogP contribution is 2.09. The molecule has 2 N–H and O–H groups in total. The summed E-state index contributed by atoms with van der Waals surface area (Å²) < 4.78 is 4.93. The van der Waals surface area contributed by atoms with E-state index in [9.17, 15) is 5.11 Å². The van der Waals surface area contributed by atoms with Gasteiger partial charge in [-0.1, -0.05) is 6.92 Å². The van der Waals surface area contributed by atoms with Gasteiger partial charge in [-0.05, 0) is 6.42 Å². The third-order valence-corrected chi connectivity index (χ3v) is 1.84. The van der Waals surface area contributed by atoms with Gasteiger partial charge in [0, 0.05) is 12.6 Å². The van der Waals surface area contributed by atoms with E-state index in [4.69, 9.17) is 4.74 Å². The number of anilines is 1. The molecule has 14 heavy (non-hydrogen) atoms. The summed E-state index contributed by atoms with van der Waals surface area (Å²) in [5.41, 5.74) is 0. The largest absolute Gasteiger partial charge is 0.481 e. The lowest BCUT2D eigenvalue weighted by Gasteiger charge is -2.09. The molecule has 0 aliphatic heterocycles. The molecule has 0 aliphatic carbocycles. The zero-order valence-electron chi connectivity index (χ0n) is 8.40. The number of methoxy groups -OCH3 is 1. The molecule has 1 heterocycles. The van der Waals surface area contributed by atoms with Gasteiger partial charge in [0.2, 0.25) is 5.88 Å². The molecule has 0 radical (unpaired) electrons. The maximum Gasteiger partial charge on any atom is 0.218 e. The monoisotopic (exact) mass is 197 g/mol. The fourth-order valence-corrected chi connectivity index (χ4v) is 0.914. The summed E-state index contributed by atoms with van der Waals surface area (Å²) in [6.07, 6.45) is 1.78. The Bertz CT molecular complexity index is 281. The Balaban J connectivity index is 2.50. The van der Waals surface area contributed by atoms with Gasteiger partial charge < -0.3 is 15.2 Å². The van der Waals surface area contributed by atoms with Crippen LogP contribution in [0, 0.1) is 0 Å². The number of aliphatic hydroxyl groups is 1. The second-order valence-electron chi connectivity index (χ2n) is 2.89. The van der Waals surface area contributed by atoms with E-state index >= 15 is 0 Å². The lowest BCUT2D eigenvalue weighted by Crippen LogP contribution is -2.18. The molecule has 0 aromatic carbocycles. The van der Waals surface area contributed by atoms with Crippen LogP contribution in [0.25, 0.3) is 0 Å². The van der Waals surface area contributed by atoms with Gasteiger partial charge in [-0.2, -0.15) is 0 Å². The molecule has 0 spiro atoms. The predicted octanol–water partition coefficient (Wildman–Crippen LogP) is 0.668. The van der Waals surface area contributed by atoms with Crippen molar-refractivity contribution in [2.45, 2.75) is 19.4 Å². The van der Waals surface area contributed by atoms with Crippen molar-refractivity contribution in [1.82, 2.24) is 9.97 Å². The lowest BCUT2D eigenvalue weighted by molar-refractivity contribution is 0.183. The fourth-order valence-electron chi connectivity index (χ4n) is 0.914. The van der Waals surface area contributed by atoms with Gasteiger partial charge in [0.05, 0.1) is 13.2 Å². The maximum atomic E-state index is 9.31. The van der Waals surface area contributed by atoms with Crippen LogP contribution < -0.4 is 10.1 Å². The first kappa shape index (κ1) is 10.7. The first-order valence-electron chi connectivity index (χ1n) is 4.54. The summed E-state index contributed by atoms with van der Waals surface area (Å²) in [6, 6.07) is 1.68. The van der Waals surface area contributed by atoms with Crippen LogP contribution in [0.15, 0.2) is 12.4 Å². The lowest BCUT2D eigenvalue weighted by atomic mass is 10.3. The molecule has 5 nitrogen and oxygen atoms in total. The van der Waals surface area contributed by atoms with Crippen molar-refractivity contribution in [2.24, 2.45) is 0 Å². The van der Waals surface area contributed by atoms with Crippen molar-refractivity contribution >= 4 is 5.82 Å². The van der Waals surface area contributed by atoms with Gasteiger partial charge in [-0.15, -0.1) is 0 Å². The van der Waals surface area contributed by atoms with E-state index in [-0.39, 0.29) is 6.10 Å². The standard InChI is InChI=1S/C9H15N3O2/c1-3-7(13)5-10-8-4-9(14-2)12-6-11-8/h4,6-7,13H,3,5H2,1-2H3,(H,10,11,12). The first-order chi connectivity index (χ1) is 6.76. The average molecular weight is 197 g/mol. The Hall–Kier alpha value is -1.36. The number of aromatic nitrogens is 2. The van der Waals surface area contributed by atoms with E-state index in [1.807, 2.05) is 6.92 Å². The SMILES string of the molecule is CCC(O)CNc1cc(OC)ncn1. The zero-order chi connectivity index (χ0) is 10.4. The van der Waals surface area contributed by atoms with Crippen LogP contribution in [0.4, 0.5) is 5.82 Å². The highest BCUT2D eigenvalue weighted by atomic mass is 16.5. The minimum Gasteiger partial charge on any atom is -0.481 e. The van der Waals surface area contributed by atoms with E-state index < -0.39 is 0 Å².